The molecule has 0 saturated carbocycles. The van der Waals surface area contributed by atoms with E-state index >= 15 is 0 Å². The number of hydrogen-bond acceptors (Lipinski definition) is 7. The summed E-state index contributed by atoms with van der Waals surface area (Å²) < 4.78 is 16.6. The molecule has 1 heterocycles. The van der Waals surface area contributed by atoms with Gasteiger partial charge in [-0.2, -0.15) is 0 Å². The van der Waals surface area contributed by atoms with Crippen LogP contribution < -0.4 is 9.47 Å². The van der Waals surface area contributed by atoms with Crippen LogP contribution in [0, 0.1) is 0 Å². The smallest absolute Gasteiger partial charge is 0.417 e. The number of rotatable bonds is 10. The molecule has 37 heavy (non-hydrogen) atoms. The normalized spacial score (nSPS) is 16.7. The van der Waals surface area contributed by atoms with Crippen LogP contribution >= 0.6 is 23.4 Å². The molecule has 194 valence electrons. The predicted molar refractivity (Wildman–Crippen MR) is 143 cm³/mol. The van der Waals surface area contributed by atoms with Crippen molar-refractivity contribution in [3.8, 4) is 11.5 Å². The van der Waals surface area contributed by atoms with Crippen molar-refractivity contribution in [3.05, 3.63) is 94.5 Å². The molecule has 3 aromatic rings. The van der Waals surface area contributed by atoms with Gasteiger partial charge in [0.25, 0.3) is 0 Å². The lowest BCUT2D eigenvalue weighted by atomic mass is 10.0. The number of aliphatic hydroxyl groups excluding tert-OH is 1. The topological polar surface area (TPSA) is 85.3 Å². The first kappa shape index (κ1) is 26.9. The van der Waals surface area contributed by atoms with E-state index in [0.29, 0.717) is 17.7 Å². The fourth-order valence-electron chi connectivity index (χ4n) is 4.24. The van der Waals surface area contributed by atoms with Gasteiger partial charge in [0, 0.05) is 5.56 Å². The summed E-state index contributed by atoms with van der Waals surface area (Å²) >= 11 is 7.83. The SMILES string of the molecule is COc1ccc([C@@H](O)[C@H](SC)C(=O)N2C(=O)OC[C@@H]2Cc2ccccc2)c(Cl)c1OCc1ccccc1. The zero-order valence-corrected chi connectivity index (χ0v) is 22.1. The Morgan fingerprint density at radius 1 is 1.11 bits per heavy atom. The van der Waals surface area contributed by atoms with Crippen molar-refractivity contribution in [1.82, 2.24) is 4.90 Å². The number of nitrogens with zero attached hydrogens (tertiary/aromatic N) is 1. The van der Waals surface area contributed by atoms with E-state index in [2.05, 4.69) is 0 Å². The van der Waals surface area contributed by atoms with Gasteiger partial charge in [-0.25, -0.2) is 9.69 Å². The van der Waals surface area contributed by atoms with Crippen molar-refractivity contribution in [2.24, 2.45) is 0 Å². The Balaban J connectivity index is 1.57. The van der Waals surface area contributed by atoms with Crippen LogP contribution in [0.4, 0.5) is 4.79 Å². The molecule has 1 N–H and O–H groups in total. The molecule has 1 aliphatic rings. The van der Waals surface area contributed by atoms with E-state index in [9.17, 15) is 14.7 Å². The molecule has 1 saturated heterocycles. The molecule has 4 rings (SSSR count). The van der Waals surface area contributed by atoms with Gasteiger partial charge < -0.3 is 19.3 Å². The van der Waals surface area contributed by atoms with Gasteiger partial charge >= 0.3 is 6.09 Å². The molecule has 7 nitrogen and oxygen atoms in total. The van der Waals surface area contributed by atoms with E-state index in [4.69, 9.17) is 25.8 Å². The predicted octanol–water partition coefficient (Wildman–Crippen LogP) is 5.28. The van der Waals surface area contributed by atoms with Crippen LogP contribution in [0.25, 0.3) is 0 Å². The molecule has 2 amide bonds. The zero-order chi connectivity index (χ0) is 26.4. The number of hydrogen-bond donors (Lipinski definition) is 1. The van der Waals surface area contributed by atoms with Crippen molar-refractivity contribution in [2.45, 2.75) is 30.4 Å². The molecule has 9 heteroatoms. The van der Waals surface area contributed by atoms with E-state index in [1.165, 1.54) is 7.11 Å². The summed E-state index contributed by atoms with van der Waals surface area (Å²) in [6.07, 6.45) is 0.121. The van der Waals surface area contributed by atoms with Crippen molar-refractivity contribution >= 4 is 35.4 Å². The van der Waals surface area contributed by atoms with Crippen LogP contribution in [0.2, 0.25) is 5.02 Å². The Bertz CT molecular complexity index is 1230. The highest BCUT2D eigenvalue weighted by molar-refractivity contribution is 8.00. The summed E-state index contributed by atoms with van der Waals surface area (Å²) in [6, 6.07) is 21.9. The lowest BCUT2D eigenvalue weighted by Crippen LogP contribution is -2.46. The highest BCUT2D eigenvalue weighted by Gasteiger charge is 2.43. The summed E-state index contributed by atoms with van der Waals surface area (Å²) in [7, 11) is 1.50. The fraction of sp³-hybridized carbons (Fsp3) is 0.286. The summed E-state index contributed by atoms with van der Waals surface area (Å²) in [6.45, 7) is 0.333. The number of cyclic esters (lactones) is 1. The number of ether oxygens (including phenoxy) is 3. The summed E-state index contributed by atoms with van der Waals surface area (Å²) in [5.74, 6) is 0.122. The number of aliphatic hydroxyl groups is 1. The lowest BCUT2D eigenvalue weighted by Gasteiger charge is -2.28. The molecular weight excluding hydrogens is 514 g/mol. The number of halogens is 1. The Labute approximate surface area is 225 Å². The van der Waals surface area contributed by atoms with Crippen LogP contribution in [-0.2, 0) is 22.6 Å². The molecule has 0 spiro atoms. The number of methoxy groups -OCH3 is 1. The molecule has 3 aromatic carbocycles. The fourth-order valence-corrected chi connectivity index (χ4v) is 5.28. The number of thioether (sulfide) groups is 1. The van der Waals surface area contributed by atoms with Crippen molar-refractivity contribution in [1.29, 1.82) is 0 Å². The zero-order valence-electron chi connectivity index (χ0n) is 20.5. The molecule has 3 atom stereocenters. The number of imide groups is 1. The van der Waals surface area contributed by atoms with Crippen LogP contribution in [-0.4, -0.2) is 53.3 Å². The minimum atomic E-state index is -1.31. The second-order valence-corrected chi connectivity index (χ2v) is 9.86. The monoisotopic (exact) mass is 541 g/mol. The van der Waals surface area contributed by atoms with Crippen molar-refractivity contribution < 1.29 is 28.9 Å². The minimum absolute atomic E-state index is 0.0947. The van der Waals surface area contributed by atoms with Gasteiger partial charge in [0.2, 0.25) is 5.91 Å². The Hall–Kier alpha value is -3.20. The van der Waals surface area contributed by atoms with E-state index < -0.39 is 29.4 Å². The molecule has 0 unspecified atom stereocenters. The maximum atomic E-state index is 13.6. The third-order valence-electron chi connectivity index (χ3n) is 6.15. The summed E-state index contributed by atoms with van der Waals surface area (Å²) in [4.78, 5) is 27.2. The van der Waals surface area contributed by atoms with Crippen molar-refractivity contribution in [3.63, 3.8) is 0 Å². The van der Waals surface area contributed by atoms with E-state index in [-0.39, 0.29) is 24.0 Å². The van der Waals surface area contributed by atoms with Gasteiger partial charge in [-0.1, -0.05) is 78.3 Å². The van der Waals surface area contributed by atoms with Gasteiger partial charge in [-0.05, 0) is 29.9 Å². The quantitative estimate of drug-likeness (QED) is 0.373. The van der Waals surface area contributed by atoms with E-state index in [1.807, 2.05) is 60.7 Å². The van der Waals surface area contributed by atoms with Crippen LogP contribution in [0.15, 0.2) is 72.8 Å². The van der Waals surface area contributed by atoms with Crippen LogP contribution in [0.3, 0.4) is 0 Å². The second kappa shape index (κ2) is 12.4. The Morgan fingerprint density at radius 3 is 2.38 bits per heavy atom. The standard InChI is InChI=1S/C28H28ClNO6S/c1-34-22-14-13-21(23(29)25(22)35-16-19-11-7-4-8-12-19)24(31)26(37-2)27(32)30-20(17-36-28(30)33)15-18-9-5-3-6-10-18/h3-14,20,24,26,31H,15-17H2,1-2H3/t20-,24+,26-/m0/s1. The van der Waals surface area contributed by atoms with Crippen molar-refractivity contribution in [2.75, 3.05) is 20.0 Å². The highest BCUT2D eigenvalue weighted by Crippen LogP contribution is 2.42. The first-order valence-electron chi connectivity index (χ1n) is 11.7. The Kier molecular flexibility index (Phi) is 8.97. The summed E-state index contributed by atoms with van der Waals surface area (Å²) in [5.41, 5.74) is 2.20. The molecule has 0 radical (unpaired) electrons. The molecule has 0 bridgehead atoms. The first-order valence-corrected chi connectivity index (χ1v) is 13.4. The average molecular weight is 542 g/mol. The molecule has 1 fully saturated rings. The largest absolute Gasteiger partial charge is 0.493 e. The van der Waals surface area contributed by atoms with Gasteiger partial charge in [-0.3, -0.25) is 4.79 Å². The second-order valence-electron chi connectivity index (χ2n) is 8.50. The maximum absolute atomic E-state index is 13.6. The maximum Gasteiger partial charge on any atom is 0.417 e. The minimum Gasteiger partial charge on any atom is -0.493 e. The van der Waals surface area contributed by atoms with Crippen LogP contribution in [0.1, 0.15) is 22.8 Å². The lowest BCUT2D eigenvalue weighted by molar-refractivity contribution is -0.130. The number of amides is 2. The van der Waals surface area contributed by atoms with Gasteiger partial charge in [0.1, 0.15) is 24.6 Å². The van der Waals surface area contributed by atoms with Crippen LogP contribution in [0.5, 0.6) is 11.5 Å². The number of carbonyl (C=O) groups excluding carboxylic acids is 2. The molecular formula is C28H28ClNO6S. The van der Waals surface area contributed by atoms with Gasteiger partial charge in [0.15, 0.2) is 11.5 Å². The average Bonchev–Trinajstić information content (AvgIpc) is 3.28. The number of carbonyl (C=O) groups is 2. The molecule has 0 aliphatic carbocycles. The molecule has 1 aliphatic heterocycles. The van der Waals surface area contributed by atoms with E-state index in [0.717, 1.165) is 27.8 Å². The van der Waals surface area contributed by atoms with Gasteiger partial charge in [-0.15, -0.1) is 11.8 Å². The van der Waals surface area contributed by atoms with E-state index in [1.54, 1.807) is 18.4 Å². The first-order chi connectivity index (χ1) is 17.9. The summed E-state index contributed by atoms with van der Waals surface area (Å²) in [5, 5.41) is 10.5. The highest BCUT2D eigenvalue weighted by atomic mass is 35.5. The Morgan fingerprint density at radius 2 is 1.76 bits per heavy atom. The third-order valence-corrected chi connectivity index (χ3v) is 7.51. The molecule has 0 aromatic heterocycles. The number of benzene rings is 3. The van der Waals surface area contributed by atoms with Gasteiger partial charge in [0.05, 0.1) is 18.2 Å². The third kappa shape index (κ3) is 6.04.